The van der Waals surface area contributed by atoms with Crippen LogP contribution in [0.1, 0.15) is 31.9 Å². The third-order valence-corrected chi connectivity index (χ3v) is 3.34. The highest BCUT2D eigenvalue weighted by atomic mass is 16.3. The highest BCUT2D eigenvalue weighted by Gasteiger charge is 2.13. The number of rotatable bonds is 6. The zero-order valence-electron chi connectivity index (χ0n) is 12.6. The van der Waals surface area contributed by atoms with Gasteiger partial charge in [-0.05, 0) is 30.0 Å². The average molecular weight is 265 g/mol. The van der Waals surface area contributed by atoms with E-state index in [0.717, 1.165) is 13.0 Å². The van der Waals surface area contributed by atoms with Crippen molar-refractivity contribution >= 4 is 0 Å². The Morgan fingerprint density at radius 1 is 1.16 bits per heavy atom. The van der Waals surface area contributed by atoms with Gasteiger partial charge in [0.2, 0.25) is 0 Å². The summed E-state index contributed by atoms with van der Waals surface area (Å²) in [6.45, 7) is 7.86. The Kier molecular flexibility index (Phi) is 5.98. The Morgan fingerprint density at radius 3 is 2.21 bits per heavy atom. The molecule has 0 aliphatic heterocycles. The lowest BCUT2D eigenvalue weighted by Crippen LogP contribution is -2.32. The number of hydrogen-bond acceptors (Lipinski definition) is 3. The lowest BCUT2D eigenvalue weighted by atomic mass is 9.86. The number of aliphatic hydroxyl groups is 2. The molecule has 1 aromatic carbocycles. The average Bonchev–Trinajstić information content (AvgIpc) is 2.35. The molecule has 0 bridgehead atoms. The van der Waals surface area contributed by atoms with Crippen molar-refractivity contribution in [2.75, 3.05) is 26.7 Å². The van der Waals surface area contributed by atoms with Crippen LogP contribution in [-0.4, -0.2) is 48.0 Å². The molecule has 2 N–H and O–H groups in total. The maximum absolute atomic E-state index is 9.36. The van der Waals surface area contributed by atoms with Crippen molar-refractivity contribution in [2.45, 2.75) is 38.7 Å². The van der Waals surface area contributed by atoms with Crippen molar-refractivity contribution in [3.63, 3.8) is 0 Å². The Balaban J connectivity index is 2.46. The molecular formula is C16H27NO2. The number of nitrogens with zero attached hydrogens (tertiary/aromatic N) is 1. The fourth-order valence-electron chi connectivity index (χ4n) is 2.00. The van der Waals surface area contributed by atoms with Gasteiger partial charge in [-0.1, -0.05) is 45.0 Å². The van der Waals surface area contributed by atoms with Crippen LogP contribution in [0.3, 0.4) is 0 Å². The minimum atomic E-state index is -0.645. The van der Waals surface area contributed by atoms with Gasteiger partial charge in [0.05, 0.1) is 12.7 Å². The number of likely N-dealkylation sites (N-methyl/N-ethyl adjacent to an activating group) is 1. The van der Waals surface area contributed by atoms with Gasteiger partial charge in [-0.15, -0.1) is 0 Å². The molecule has 1 aromatic rings. The summed E-state index contributed by atoms with van der Waals surface area (Å²) in [5, 5.41) is 18.2. The van der Waals surface area contributed by atoms with Gasteiger partial charge in [0, 0.05) is 13.1 Å². The lowest BCUT2D eigenvalue weighted by Gasteiger charge is -2.21. The van der Waals surface area contributed by atoms with Crippen molar-refractivity contribution in [2.24, 2.45) is 0 Å². The fourth-order valence-corrected chi connectivity index (χ4v) is 2.00. The molecule has 0 heterocycles. The summed E-state index contributed by atoms with van der Waals surface area (Å²) >= 11 is 0. The van der Waals surface area contributed by atoms with E-state index in [1.54, 1.807) is 0 Å². The van der Waals surface area contributed by atoms with Crippen molar-refractivity contribution in [3.05, 3.63) is 35.4 Å². The van der Waals surface area contributed by atoms with E-state index in [9.17, 15) is 5.11 Å². The van der Waals surface area contributed by atoms with Crippen LogP contribution < -0.4 is 0 Å². The number of hydrogen-bond donors (Lipinski definition) is 2. The maximum atomic E-state index is 9.36. The molecule has 0 spiro atoms. The van der Waals surface area contributed by atoms with Gasteiger partial charge >= 0.3 is 0 Å². The van der Waals surface area contributed by atoms with Gasteiger partial charge in [0.25, 0.3) is 0 Å². The third kappa shape index (κ3) is 5.72. The Hall–Kier alpha value is -0.900. The first-order valence-electron chi connectivity index (χ1n) is 6.90. The first-order chi connectivity index (χ1) is 8.82. The quantitative estimate of drug-likeness (QED) is 0.824. The summed E-state index contributed by atoms with van der Waals surface area (Å²) in [7, 11) is 1.96. The molecule has 0 aliphatic rings. The summed E-state index contributed by atoms with van der Waals surface area (Å²) in [4.78, 5) is 2.04. The Bertz CT molecular complexity index is 367. The van der Waals surface area contributed by atoms with Crippen LogP contribution in [0.25, 0.3) is 0 Å². The van der Waals surface area contributed by atoms with Gasteiger partial charge < -0.3 is 15.1 Å². The molecular weight excluding hydrogens is 238 g/mol. The zero-order chi connectivity index (χ0) is 14.5. The van der Waals surface area contributed by atoms with E-state index >= 15 is 0 Å². The first kappa shape index (κ1) is 16.2. The SMILES string of the molecule is CN(CCc1ccc(C(C)(C)C)cc1)CC(O)CO. The topological polar surface area (TPSA) is 43.7 Å². The van der Waals surface area contributed by atoms with E-state index < -0.39 is 6.10 Å². The molecule has 0 radical (unpaired) electrons. The highest BCUT2D eigenvalue weighted by molar-refractivity contribution is 5.27. The number of aliphatic hydroxyl groups excluding tert-OH is 2. The Morgan fingerprint density at radius 2 is 1.74 bits per heavy atom. The summed E-state index contributed by atoms with van der Waals surface area (Å²) in [5.41, 5.74) is 2.85. The highest BCUT2D eigenvalue weighted by Crippen LogP contribution is 2.22. The van der Waals surface area contributed by atoms with Crippen LogP contribution in [-0.2, 0) is 11.8 Å². The summed E-state index contributed by atoms with van der Waals surface area (Å²) in [5.74, 6) is 0. The normalized spacial score (nSPS) is 13.8. The molecule has 0 saturated heterocycles. The van der Waals surface area contributed by atoms with Crippen LogP contribution in [0, 0.1) is 0 Å². The zero-order valence-corrected chi connectivity index (χ0v) is 12.6. The van der Waals surface area contributed by atoms with E-state index in [1.807, 2.05) is 11.9 Å². The van der Waals surface area contributed by atoms with Crippen LogP contribution in [0.4, 0.5) is 0 Å². The molecule has 1 atom stereocenters. The third-order valence-electron chi connectivity index (χ3n) is 3.34. The molecule has 0 aliphatic carbocycles. The second-order valence-electron chi connectivity index (χ2n) is 6.30. The molecule has 108 valence electrons. The maximum Gasteiger partial charge on any atom is 0.0897 e. The molecule has 0 saturated carbocycles. The summed E-state index contributed by atoms with van der Waals surface area (Å²) in [6, 6.07) is 8.74. The molecule has 1 unspecified atom stereocenters. The first-order valence-corrected chi connectivity index (χ1v) is 6.90. The van der Waals surface area contributed by atoms with Gasteiger partial charge in [-0.25, -0.2) is 0 Å². The predicted octanol–water partition coefficient (Wildman–Crippen LogP) is 1.81. The van der Waals surface area contributed by atoms with Crippen LogP contribution in [0.15, 0.2) is 24.3 Å². The van der Waals surface area contributed by atoms with Gasteiger partial charge in [-0.3, -0.25) is 0 Å². The lowest BCUT2D eigenvalue weighted by molar-refractivity contribution is 0.0669. The molecule has 3 heteroatoms. The fraction of sp³-hybridized carbons (Fsp3) is 0.625. The summed E-state index contributed by atoms with van der Waals surface area (Å²) in [6.07, 6.45) is 0.312. The van der Waals surface area contributed by atoms with Crippen molar-refractivity contribution < 1.29 is 10.2 Å². The van der Waals surface area contributed by atoms with Gasteiger partial charge in [0.15, 0.2) is 0 Å². The molecule has 0 amide bonds. The van der Waals surface area contributed by atoms with Gasteiger partial charge in [-0.2, -0.15) is 0 Å². The van der Waals surface area contributed by atoms with Crippen molar-refractivity contribution in [3.8, 4) is 0 Å². The largest absolute Gasteiger partial charge is 0.394 e. The van der Waals surface area contributed by atoms with E-state index in [2.05, 4.69) is 45.0 Å². The van der Waals surface area contributed by atoms with E-state index in [1.165, 1.54) is 11.1 Å². The van der Waals surface area contributed by atoms with Crippen molar-refractivity contribution in [1.82, 2.24) is 4.90 Å². The molecule has 0 aromatic heterocycles. The minimum absolute atomic E-state index is 0.176. The smallest absolute Gasteiger partial charge is 0.0897 e. The van der Waals surface area contributed by atoms with Crippen molar-refractivity contribution in [1.29, 1.82) is 0 Å². The molecule has 0 fully saturated rings. The molecule has 3 nitrogen and oxygen atoms in total. The summed E-state index contributed by atoms with van der Waals surface area (Å²) < 4.78 is 0. The molecule has 19 heavy (non-hydrogen) atoms. The standard InChI is InChI=1S/C16H27NO2/c1-16(2,3)14-7-5-13(6-8-14)9-10-17(4)11-15(19)12-18/h5-8,15,18-19H,9-12H2,1-4H3. The minimum Gasteiger partial charge on any atom is -0.394 e. The van der Waals surface area contributed by atoms with Crippen LogP contribution in [0.2, 0.25) is 0 Å². The van der Waals surface area contributed by atoms with Crippen LogP contribution >= 0.6 is 0 Å². The van der Waals surface area contributed by atoms with E-state index in [0.29, 0.717) is 6.54 Å². The second-order valence-corrected chi connectivity index (χ2v) is 6.30. The second kappa shape index (κ2) is 7.04. The van der Waals surface area contributed by atoms with E-state index in [-0.39, 0.29) is 12.0 Å². The number of benzene rings is 1. The van der Waals surface area contributed by atoms with Crippen LogP contribution in [0.5, 0.6) is 0 Å². The Labute approximate surface area is 116 Å². The van der Waals surface area contributed by atoms with Gasteiger partial charge in [0.1, 0.15) is 0 Å². The van der Waals surface area contributed by atoms with E-state index in [4.69, 9.17) is 5.11 Å². The monoisotopic (exact) mass is 265 g/mol. The predicted molar refractivity (Wildman–Crippen MR) is 79.4 cm³/mol. The molecule has 1 rings (SSSR count).